The monoisotopic (exact) mass is 415 g/mol. The molecule has 6 heteroatoms. The number of rotatable bonds is 5. The second-order valence-corrected chi connectivity index (χ2v) is 7.77. The molecule has 1 heterocycles. The fourth-order valence-corrected chi connectivity index (χ4v) is 4.28. The summed E-state index contributed by atoms with van der Waals surface area (Å²) in [6.45, 7) is 0.588. The Balaban J connectivity index is 1.59. The molecule has 0 amide bonds. The van der Waals surface area contributed by atoms with E-state index in [1.54, 1.807) is 18.2 Å². The number of hydrogen-bond acceptors (Lipinski definition) is 1. The Hall–Kier alpha value is -2.73. The van der Waals surface area contributed by atoms with Crippen LogP contribution in [0.4, 0.5) is 17.6 Å². The van der Waals surface area contributed by atoms with Crippen molar-refractivity contribution in [3.05, 3.63) is 102 Å². The Morgan fingerprint density at radius 3 is 2.34 bits per heavy atom. The molecule has 0 radical (unpaired) electrons. The van der Waals surface area contributed by atoms with Crippen LogP contribution >= 0.6 is 11.8 Å². The number of aromatic nitrogens is 1. The third-order valence-corrected chi connectivity index (χ3v) is 5.78. The predicted octanol–water partition coefficient (Wildman–Crippen LogP) is 7.14. The molecule has 1 aromatic heterocycles. The zero-order chi connectivity index (χ0) is 20.4. The predicted molar refractivity (Wildman–Crippen MR) is 108 cm³/mol. The molecule has 0 bridgehead atoms. The van der Waals surface area contributed by atoms with Gasteiger partial charge in [0.2, 0.25) is 0 Å². The molecule has 0 aliphatic rings. The van der Waals surface area contributed by atoms with Gasteiger partial charge in [0.05, 0.1) is 5.56 Å². The number of nitrogens with zero attached hydrogens (tertiary/aromatic N) is 1. The van der Waals surface area contributed by atoms with Gasteiger partial charge in [-0.25, -0.2) is 4.39 Å². The van der Waals surface area contributed by atoms with Gasteiger partial charge in [-0.3, -0.25) is 0 Å². The van der Waals surface area contributed by atoms with E-state index in [0.717, 1.165) is 27.4 Å². The molecule has 0 saturated heterocycles. The quantitative estimate of drug-likeness (QED) is 0.248. The summed E-state index contributed by atoms with van der Waals surface area (Å²) >= 11 is 1.51. The summed E-state index contributed by atoms with van der Waals surface area (Å²) in [6.07, 6.45) is -2.34. The second-order valence-electron chi connectivity index (χ2n) is 6.75. The fourth-order valence-electron chi connectivity index (χ4n) is 3.24. The molecule has 1 nitrogen and oxygen atoms in total. The summed E-state index contributed by atoms with van der Waals surface area (Å²) < 4.78 is 54.1. The van der Waals surface area contributed by atoms with Crippen LogP contribution in [0.5, 0.6) is 0 Å². The zero-order valence-corrected chi connectivity index (χ0v) is 16.1. The fraction of sp³-hybridized carbons (Fsp3) is 0.130. The van der Waals surface area contributed by atoms with Crippen LogP contribution in [0.2, 0.25) is 0 Å². The Kier molecular flexibility index (Phi) is 5.37. The first-order valence-electron chi connectivity index (χ1n) is 9.01. The molecule has 4 aromatic rings. The van der Waals surface area contributed by atoms with Crippen molar-refractivity contribution in [3.63, 3.8) is 0 Å². The SMILES string of the molecule is Fc1ccc(Cn2cc(SCc3cccc(C(F)(F)F)c3)c3ccccc32)cc1. The molecular weight excluding hydrogens is 398 g/mol. The van der Waals surface area contributed by atoms with Gasteiger partial charge in [-0.05, 0) is 35.4 Å². The van der Waals surface area contributed by atoms with Gasteiger partial charge in [-0.15, -0.1) is 11.8 Å². The molecule has 0 unspecified atom stereocenters. The first-order valence-corrected chi connectivity index (χ1v) is 10.00. The molecule has 0 aliphatic carbocycles. The third-order valence-electron chi connectivity index (χ3n) is 4.67. The van der Waals surface area contributed by atoms with Gasteiger partial charge >= 0.3 is 6.18 Å². The lowest BCUT2D eigenvalue weighted by atomic mass is 10.1. The van der Waals surface area contributed by atoms with Crippen molar-refractivity contribution >= 4 is 22.7 Å². The topological polar surface area (TPSA) is 4.93 Å². The Morgan fingerprint density at radius 2 is 1.59 bits per heavy atom. The maximum absolute atomic E-state index is 13.2. The highest BCUT2D eigenvalue weighted by atomic mass is 32.2. The minimum absolute atomic E-state index is 0.275. The molecule has 0 N–H and O–H groups in total. The van der Waals surface area contributed by atoms with Gasteiger partial charge in [0.1, 0.15) is 5.82 Å². The summed E-state index contributed by atoms with van der Waals surface area (Å²) in [5.74, 6) is 0.164. The minimum atomic E-state index is -4.34. The van der Waals surface area contributed by atoms with Gasteiger partial charge in [-0.1, -0.05) is 48.5 Å². The minimum Gasteiger partial charge on any atom is -0.342 e. The van der Waals surface area contributed by atoms with Crippen LogP contribution in [0.3, 0.4) is 0 Å². The lowest BCUT2D eigenvalue weighted by molar-refractivity contribution is -0.137. The molecule has 148 valence electrons. The molecule has 3 aromatic carbocycles. The van der Waals surface area contributed by atoms with E-state index < -0.39 is 11.7 Å². The third kappa shape index (κ3) is 4.48. The smallest absolute Gasteiger partial charge is 0.342 e. The lowest BCUT2D eigenvalue weighted by Gasteiger charge is -2.08. The normalized spacial score (nSPS) is 11.9. The average Bonchev–Trinajstić information content (AvgIpc) is 3.05. The molecule has 0 saturated carbocycles. The van der Waals surface area contributed by atoms with E-state index in [9.17, 15) is 17.6 Å². The van der Waals surface area contributed by atoms with Crippen LogP contribution in [0, 0.1) is 5.82 Å². The molecule has 0 atom stereocenters. The van der Waals surface area contributed by atoms with Crippen LogP contribution in [0.15, 0.2) is 83.9 Å². The van der Waals surface area contributed by atoms with Crippen LogP contribution in [-0.4, -0.2) is 4.57 Å². The average molecular weight is 415 g/mol. The number of para-hydroxylation sites is 1. The second kappa shape index (κ2) is 7.95. The largest absolute Gasteiger partial charge is 0.416 e. The van der Waals surface area contributed by atoms with Gasteiger partial charge in [0.25, 0.3) is 0 Å². The Bertz CT molecular complexity index is 1130. The highest BCUT2D eigenvalue weighted by Crippen LogP contribution is 2.34. The zero-order valence-electron chi connectivity index (χ0n) is 15.3. The van der Waals surface area contributed by atoms with Crippen molar-refractivity contribution in [1.82, 2.24) is 4.57 Å². The number of halogens is 4. The van der Waals surface area contributed by atoms with Crippen LogP contribution < -0.4 is 0 Å². The number of alkyl halides is 3. The van der Waals surface area contributed by atoms with E-state index in [1.165, 1.54) is 36.0 Å². The number of thioether (sulfide) groups is 1. The van der Waals surface area contributed by atoms with E-state index in [1.807, 2.05) is 30.5 Å². The molecule has 0 spiro atoms. The summed E-state index contributed by atoms with van der Waals surface area (Å²) in [5, 5.41) is 1.05. The van der Waals surface area contributed by atoms with E-state index in [-0.39, 0.29) is 5.82 Å². The molecule has 29 heavy (non-hydrogen) atoms. The van der Waals surface area contributed by atoms with Crippen molar-refractivity contribution in [2.24, 2.45) is 0 Å². The number of benzene rings is 3. The summed E-state index contributed by atoms with van der Waals surface area (Å²) in [4.78, 5) is 1.00. The van der Waals surface area contributed by atoms with E-state index in [4.69, 9.17) is 0 Å². The molecule has 0 fully saturated rings. The molecule has 0 aliphatic heterocycles. The van der Waals surface area contributed by atoms with Crippen molar-refractivity contribution in [3.8, 4) is 0 Å². The van der Waals surface area contributed by atoms with Gasteiger partial charge < -0.3 is 4.57 Å². The first kappa shape index (κ1) is 19.6. The van der Waals surface area contributed by atoms with Crippen LogP contribution in [0.25, 0.3) is 10.9 Å². The Labute approximate surface area is 170 Å². The molecule has 4 rings (SSSR count). The van der Waals surface area contributed by atoms with E-state index in [2.05, 4.69) is 4.57 Å². The highest BCUT2D eigenvalue weighted by molar-refractivity contribution is 7.98. The van der Waals surface area contributed by atoms with Gasteiger partial charge in [-0.2, -0.15) is 13.2 Å². The van der Waals surface area contributed by atoms with Crippen molar-refractivity contribution in [2.75, 3.05) is 0 Å². The van der Waals surface area contributed by atoms with E-state index >= 15 is 0 Å². The number of hydrogen-bond donors (Lipinski definition) is 0. The van der Waals surface area contributed by atoms with Crippen LogP contribution in [-0.2, 0) is 18.5 Å². The number of fused-ring (bicyclic) bond motifs is 1. The summed E-state index contributed by atoms with van der Waals surface area (Å²) in [5.41, 5.74) is 2.00. The summed E-state index contributed by atoms with van der Waals surface area (Å²) in [6, 6.07) is 19.7. The Morgan fingerprint density at radius 1 is 0.828 bits per heavy atom. The highest BCUT2D eigenvalue weighted by Gasteiger charge is 2.30. The maximum atomic E-state index is 13.2. The van der Waals surface area contributed by atoms with Gasteiger partial charge in [0, 0.05) is 34.3 Å². The standard InChI is InChI=1S/C23H17F4NS/c24-19-10-8-16(9-11-19)13-28-14-22(20-6-1-2-7-21(20)28)29-15-17-4-3-5-18(12-17)23(25,26)27/h1-12,14H,13,15H2. The van der Waals surface area contributed by atoms with Gasteiger partial charge in [0.15, 0.2) is 0 Å². The summed E-state index contributed by atoms with van der Waals surface area (Å²) in [7, 11) is 0. The van der Waals surface area contributed by atoms with Crippen molar-refractivity contribution in [1.29, 1.82) is 0 Å². The first-order chi connectivity index (χ1) is 13.9. The lowest BCUT2D eigenvalue weighted by Crippen LogP contribution is -2.04. The van der Waals surface area contributed by atoms with Crippen molar-refractivity contribution < 1.29 is 17.6 Å². The maximum Gasteiger partial charge on any atom is 0.416 e. The van der Waals surface area contributed by atoms with E-state index in [0.29, 0.717) is 17.9 Å². The van der Waals surface area contributed by atoms with Crippen molar-refractivity contribution in [2.45, 2.75) is 23.4 Å². The van der Waals surface area contributed by atoms with Crippen LogP contribution in [0.1, 0.15) is 16.7 Å². The molecular formula is C23H17F4NS.